The lowest BCUT2D eigenvalue weighted by molar-refractivity contribution is 0.444. The molecule has 0 aromatic heterocycles. The number of benzene rings is 2. The Labute approximate surface area is 101 Å². The summed E-state index contributed by atoms with van der Waals surface area (Å²) in [5.74, 6) is 0.273. The van der Waals surface area contributed by atoms with E-state index in [1.165, 1.54) is 5.56 Å². The molecule has 0 spiro atoms. The molecule has 2 heteroatoms. The fraction of sp³-hybridized carbons (Fsp3) is 0.200. The van der Waals surface area contributed by atoms with Gasteiger partial charge in [0, 0.05) is 11.1 Å². The number of aromatic hydroxyl groups is 2. The van der Waals surface area contributed by atoms with E-state index < -0.39 is 0 Å². The molecule has 88 valence electrons. The van der Waals surface area contributed by atoms with Crippen LogP contribution in [0.15, 0.2) is 30.3 Å². The molecular weight excluding hydrogens is 212 g/mol. The number of hydrogen-bond donors (Lipinski definition) is 2. The first kappa shape index (κ1) is 11.5. The van der Waals surface area contributed by atoms with Gasteiger partial charge in [0.15, 0.2) is 0 Å². The van der Waals surface area contributed by atoms with Crippen LogP contribution >= 0.6 is 0 Å². The van der Waals surface area contributed by atoms with E-state index in [0.29, 0.717) is 5.56 Å². The quantitative estimate of drug-likeness (QED) is 0.781. The normalized spacial score (nSPS) is 10.5. The molecule has 0 saturated heterocycles. The van der Waals surface area contributed by atoms with Crippen molar-refractivity contribution in [3.63, 3.8) is 0 Å². The summed E-state index contributed by atoms with van der Waals surface area (Å²) < 4.78 is 0. The molecule has 0 aliphatic carbocycles. The Kier molecular flexibility index (Phi) is 2.80. The Hall–Kier alpha value is -1.96. The molecule has 2 aromatic rings. The van der Waals surface area contributed by atoms with Gasteiger partial charge in [0.05, 0.1) is 0 Å². The highest BCUT2D eigenvalue weighted by Gasteiger charge is 2.12. The summed E-state index contributed by atoms with van der Waals surface area (Å²) in [4.78, 5) is 0. The van der Waals surface area contributed by atoms with Gasteiger partial charge in [0.1, 0.15) is 11.5 Å². The standard InChI is InChI=1S/C15H16O2/c1-9-5-4-6-12(10(9)2)13-7-8-14(16)11(3)15(13)17/h4-8,16-17H,1-3H3. The van der Waals surface area contributed by atoms with E-state index in [1.54, 1.807) is 19.1 Å². The van der Waals surface area contributed by atoms with Gasteiger partial charge in [-0.05, 0) is 49.6 Å². The van der Waals surface area contributed by atoms with Crippen LogP contribution in [0.2, 0.25) is 0 Å². The second kappa shape index (κ2) is 4.13. The molecule has 0 atom stereocenters. The number of phenols is 2. The Bertz CT molecular complexity index is 571. The van der Waals surface area contributed by atoms with Crippen molar-refractivity contribution < 1.29 is 10.2 Å². The molecule has 2 N–H and O–H groups in total. The van der Waals surface area contributed by atoms with E-state index in [1.807, 2.05) is 32.0 Å². The minimum absolute atomic E-state index is 0.122. The smallest absolute Gasteiger partial charge is 0.130 e. The summed E-state index contributed by atoms with van der Waals surface area (Å²) in [6, 6.07) is 9.36. The van der Waals surface area contributed by atoms with E-state index in [0.717, 1.165) is 16.7 Å². The van der Waals surface area contributed by atoms with Gasteiger partial charge < -0.3 is 10.2 Å². The first-order chi connectivity index (χ1) is 8.02. The lowest BCUT2D eigenvalue weighted by Crippen LogP contribution is -1.89. The third-order valence-corrected chi connectivity index (χ3v) is 3.30. The van der Waals surface area contributed by atoms with Crippen molar-refractivity contribution in [1.29, 1.82) is 0 Å². The highest BCUT2D eigenvalue weighted by molar-refractivity contribution is 5.76. The second-order valence-corrected chi connectivity index (χ2v) is 4.35. The number of phenolic OH excluding ortho intramolecular Hbond substituents is 2. The summed E-state index contributed by atoms with van der Waals surface area (Å²) in [5, 5.41) is 19.6. The SMILES string of the molecule is Cc1cccc(-c2ccc(O)c(C)c2O)c1C. The van der Waals surface area contributed by atoms with Crippen LogP contribution in [0.25, 0.3) is 11.1 Å². The molecule has 0 bridgehead atoms. The van der Waals surface area contributed by atoms with E-state index in [4.69, 9.17) is 0 Å². The Balaban J connectivity index is 2.69. The molecule has 0 radical (unpaired) electrons. The van der Waals surface area contributed by atoms with E-state index in [-0.39, 0.29) is 11.5 Å². The van der Waals surface area contributed by atoms with Gasteiger partial charge in [-0.3, -0.25) is 0 Å². The van der Waals surface area contributed by atoms with Gasteiger partial charge in [-0.1, -0.05) is 18.2 Å². The van der Waals surface area contributed by atoms with Gasteiger partial charge in [-0.2, -0.15) is 0 Å². The van der Waals surface area contributed by atoms with Crippen molar-refractivity contribution in [1.82, 2.24) is 0 Å². The summed E-state index contributed by atoms with van der Waals surface area (Å²) >= 11 is 0. The first-order valence-electron chi connectivity index (χ1n) is 5.60. The number of rotatable bonds is 1. The highest BCUT2D eigenvalue weighted by atomic mass is 16.3. The minimum atomic E-state index is 0.122. The molecule has 0 amide bonds. The molecule has 2 rings (SSSR count). The van der Waals surface area contributed by atoms with Crippen LogP contribution in [0.5, 0.6) is 11.5 Å². The van der Waals surface area contributed by atoms with Crippen molar-refractivity contribution in [2.45, 2.75) is 20.8 Å². The predicted molar refractivity (Wildman–Crippen MR) is 69.4 cm³/mol. The summed E-state index contributed by atoms with van der Waals surface area (Å²) in [6.45, 7) is 5.79. The van der Waals surface area contributed by atoms with Gasteiger partial charge in [0.25, 0.3) is 0 Å². The molecule has 2 nitrogen and oxygen atoms in total. The van der Waals surface area contributed by atoms with Crippen LogP contribution in [0.1, 0.15) is 16.7 Å². The van der Waals surface area contributed by atoms with Crippen molar-refractivity contribution in [3.05, 3.63) is 47.0 Å². The van der Waals surface area contributed by atoms with Crippen molar-refractivity contribution >= 4 is 0 Å². The Morgan fingerprint density at radius 2 is 1.47 bits per heavy atom. The van der Waals surface area contributed by atoms with Gasteiger partial charge in [-0.25, -0.2) is 0 Å². The topological polar surface area (TPSA) is 40.5 Å². The molecule has 0 heterocycles. The average molecular weight is 228 g/mol. The van der Waals surface area contributed by atoms with Crippen LogP contribution in [0.4, 0.5) is 0 Å². The zero-order chi connectivity index (χ0) is 12.6. The van der Waals surface area contributed by atoms with E-state index >= 15 is 0 Å². The van der Waals surface area contributed by atoms with Crippen molar-refractivity contribution in [2.75, 3.05) is 0 Å². The third-order valence-electron chi connectivity index (χ3n) is 3.30. The summed E-state index contributed by atoms with van der Waals surface area (Å²) in [6.07, 6.45) is 0. The van der Waals surface area contributed by atoms with Gasteiger partial charge in [-0.15, -0.1) is 0 Å². The van der Waals surface area contributed by atoms with Gasteiger partial charge in [0.2, 0.25) is 0 Å². The average Bonchev–Trinajstić information content (AvgIpc) is 2.31. The van der Waals surface area contributed by atoms with Crippen LogP contribution in [0, 0.1) is 20.8 Å². The van der Waals surface area contributed by atoms with Crippen molar-refractivity contribution in [3.8, 4) is 22.6 Å². The lowest BCUT2D eigenvalue weighted by Gasteiger charge is -2.12. The van der Waals surface area contributed by atoms with Crippen LogP contribution in [-0.4, -0.2) is 10.2 Å². The van der Waals surface area contributed by atoms with E-state index in [9.17, 15) is 10.2 Å². The maximum absolute atomic E-state index is 10.1. The highest BCUT2D eigenvalue weighted by Crippen LogP contribution is 2.38. The predicted octanol–water partition coefficient (Wildman–Crippen LogP) is 3.69. The molecule has 0 saturated carbocycles. The summed E-state index contributed by atoms with van der Waals surface area (Å²) in [5.41, 5.74) is 4.62. The molecule has 17 heavy (non-hydrogen) atoms. The molecule has 2 aromatic carbocycles. The first-order valence-corrected chi connectivity index (χ1v) is 5.60. The zero-order valence-corrected chi connectivity index (χ0v) is 10.3. The third kappa shape index (κ3) is 1.86. The van der Waals surface area contributed by atoms with Crippen LogP contribution in [-0.2, 0) is 0 Å². The van der Waals surface area contributed by atoms with Crippen LogP contribution < -0.4 is 0 Å². The largest absolute Gasteiger partial charge is 0.508 e. The fourth-order valence-electron chi connectivity index (χ4n) is 1.95. The van der Waals surface area contributed by atoms with E-state index in [2.05, 4.69) is 0 Å². The monoisotopic (exact) mass is 228 g/mol. The number of hydrogen-bond acceptors (Lipinski definition) is 2. The molecule has 0 fully saturated rings. The lowest BCUT2D eigenvalue weighted by atomic mass is 9.95. The summed E-state index contributed by atoms with van der Waals surface area (Å²) in [7, 11) is 0. The molecule has 0 unspecified atom stereocenters. The molecular formula is C15H16O2. The maximum atomic E-state index is 10.1. The maximum Gasteiger partial charge on any atom is 0.130 e. The zero-order valence-electron chi connectivity index (χ0n) is 10.3. The molecule has 0 aliphatic heterocycles. The van der Waals surface area contributed by atoms with Crippen molar-refractivity contribution in [2.24, 2.45) is 0 Å². The second-order valence-electron chi connectivity index (χ2n) is 4.35. The number of aryl methyl sites for hydroxylation is 1. The minimum Gasteiger partial charge on any atom is -0.508 e. The van der Waals surface area contributed by atoms with Gasteiger partial charge >= 0.3 is 0 Å². The van der Waals surface area contributed by atoms with Crippen LogP contribution in [0.3, 0.4) is 0 Å². The Morgan fingerprint density at radius 1 is 0.765 bits per heavy atom. The Morgan fingerprint density at radius 3 is 2.18 bits per heavy atom. The molecule has 0 aliphatic rings. The fourth-order valence-corrected chi connectivity index (χ4v) is 1.95.